The summed E-state index contributed by atoms with van der Waals surface area (Å²) in [6.45, 7) is 0.692. The van der Waals surface area contributed by atoms with Crippen molar-refractivity contribution in [2.24, 2.45) is 5.73 Å². The molecular formula is C30H28F3N3O5S. The summed E-state index contributed by atoms with van der Waals surface area (Å²) in [7, 11) is -3.05. The number of alkyl halides is 3. The summed E-state index contributed by atoms with van der Waals surface area (Å²) in [6, 6.07) is 24.8. The average Bonchev–Trinajstić information content (AvgIpc) is 2.96. The number of sulfonamides is 1. The van der Waals surface area contributed by atoms with E-state index >= 15 is 0 Å². The van der Waals surface area contributed by atoms with E-state index in [4.69, 9.17) is 15.2 Å². The number of carbonyl (C=O) groups excluding carboxylic acids is 1. The number of amides is 1. The molecule has 0 aromatic heterocycles. The van der Waals surface area contributed by atoms with E-state index in [0.29, 0.717) is 12.2 Å². The van der Waals surface area contributed by atoms with Gasteiger partial charge in [0.2, 0.25) is 0 Å². The smallest absolute Gasteiger partial charge is 0.417 e. The maximum atomic E-state index is 13.7. The third-order valence-electron chi connectivity index (χ3n) is 6.28. The molecule has 0 bridgehead atoms. The van der Waals surface area contributed by atoms with Crippen molar-refractivity contribution in [1.29, 1.82) is 0 Å². The first-order valence-corrected chi connectivity index (χ1v) is 14.1. The van der Waals surface area contributed by atoms with E-state index in [1.54, 1.807) is 18.2 Å². The number of anilines is 2. The molecule has 220 valence electrons. The summed E-state index contributed by atoms with van der Waals surface area (Å²) in [5, 5.41) is 0. The fraction of sp³-hybridized carbons (Fsp3) is 0.167. The van der Waals surface area contributed by atoms with Gasteiger partial charge in [0.1, 0.15) is 17.3 Å². The SMILES string of the molecule is COc1ccc(-c2ccccc2C(F)(F)F)cc1S(=O)(=O)Nc1cccc(N(CCOC(N)=O)Cc2ccccc2)c1. The molecule has 4 aromatic carbocycles. The second kappa shape index (κ2) is 12.9. The third kappa shape index (κ3) is 7.52. The minimum Gasteiger partial charge on any atom is -0.495 e. The number of nitrogens with zero attached hydrogens (tertiary/aromatic N) is 1. The number of methoxy groups -OCH3 is 1. The fourth-order valence-corrected chi connectivity index (χ4v) is 5.62. The summed E-state index contributed by atoms with van der Waals surface area (Å²) in [5.41, 5.74) is 5.87. The highest BCUT2D eigenvalue weighted by Crippen LogP contribution is 2.39. The molecule has 0 unspecified atom stereocenters. The topological polar surface area (TPSA) is 111 Å². The Bertz CT molecular complexity index is 1650. The van der Waals surface area contributed by atoms with E-state index in [1.165, 1.54) is 43.5 Å². The predicted molar refractivity (Wildman–Crippen MR) is 154 cm³/mol. The van der Waals surface area contributed by atoms with Crippen molar-refractivity contribution in [3.8, 4) is 16.9 Å². The Hall–Kier alpha value is -4.71. The lowest BCUT2D eigenvalue weighted by Crippen LogP contribution is -2.29. The van der Waals surface area contributed by atoms with Gasteiger partial charge < -0.3 is 20.1 Å². The van der Waals surface area contributed by atoms with Crippen molar-refractivity contribution in [1.82, 2.24) is 0 Å². The molecule has 4 rings (SSSR count). The van der Waals surface area contributed by atoms with Crippen LogP contribution in [-0.2, 0) is 27.5 Å². The minimum atomic E-state index is -4.64. The summed E-state index contributed by atoms with van der Waals surface area (Å²) in [4.78, 5) is 12.6. The quantitative estimate of drug-likeness (QED) is 0.210. The molecule has 0 aliphatic carbocycles. The van der Waals surface area contributed by atoms with Crippen molar-refractivity contribution < 1.29 is 35.9 Å². The Morgan fingerprint density at radius 1 is 0.929 bits per heavy atom. The number of halogens is 3. The van der Waals surface area contributed by atoms with Crippen LogP contribution in [0.15, 0.2) is 102 Å². The Morgan fingerprint density at radius 3 is 2.33 bits per heavy atom. The van der Waals surface area contributed by atoms with Gasteiger partial charge in [0.25, 0.3) is 10.0 Å². The molecule has 8 nitrogen and oxygen atoms in total. The van der Waals surface area contributed by atoms with E-state index in [1.807, 2.05) is 35.2 Å². The molecule has 0 fully saturated rings. The molecule has 0 saturated carbocycles. The number of ether oxygens (including phenoxy) is 2. The second-order valence-electron chi connectivity index (χ2n) is 9.14. The normalized spacial score (nSPS) is 11.5. The van der Waals surface area contributed by atoms with Gasteiger partial charge in [0, 0.05) is 12.2 Å². The van der Waals surface area contributed by atoms with Crippen molar-refractivity contribution in [3.63, 3.8) is 0 Å². The molecule has 0 saturated heterocycles. The zero-order chi connectivity index (χ0) is 30.3. The van der Waals surface area contributed by atoms with Crippen LogP contribution in [0.25, 0.3) is 11.1 Å². The molecule has 1 amide bonds. The molecule has 12 heteroatoms. The average molecular weight is 600 g/mol. The number of carbonyl (C=O) groups is 1. The van der Waals surface area contributed by atoms with Crippen molar-refractivity contribution in [2.75, 3.05) is 29.9 Å². The van der Waals surface area contributed by atoms with Crippen molar-refractivity contribution in [2.45, 2.75) is 17.6 Å². The van der Waals surface area contributed by atoms with Gasteiger partial charge in [-0.25, -0.2) is 13.2 Å². The molecule has 0 atom stereocenters. The summed E-state index contributed by atoms with van der Waals surface area (Å²) in [5.74, 6) is -0.0406. The van der Waals surface area contributed by atoms with Gasteiger partial charge in [-0.1, -0.05) is 60.7 Å². The standard InChI is InChI=1S/C30H28F3N3O5S/c1-40-27-15-14-22(25-12-5-6-13-26(25)30(31,32)33)18-28(27)42(38,39)35-23-10-7-11-24(19-23)36(16-17-41-29(34)37)20-21-8-3-2-4-9-21/h2-15,18-19,35H,16-17,20H2,1H3,(H2,34,37). The van der Waals surface area contributed by atoms with E-state index in [-0.39, 0.29) is 40.6 Å². The van der Waals surface area contributed by atoms with E-state index in [0.717, 1.165) is 17.7 Å². The number of benzene rings is 4. The Balaban J connectivity index is 1.66. The molecule has 0 aliphatic rings. The minimum absolute atomic E-state index is 0.00150. The number of rotatable bonds is 11. The van der Waals surface area contributed by atoms with Crippen LogP contribution >= 0.6 is 0 Å². The van der Waals surface area contributed by atoms with Gasteiger partial charge >= 0.3 is 12.3 Å². The second-order valence-corrected chi connectivity index (χ2v) is 10.8. The molecule has 3 N–H and O–H groups in total. The van der Waals surface area contributed by atoms with Gasteiger partial charge in [0.05, 0.1) is 24.9 Å². The third-order valence-corrected chi connectivity index (χ3v) is 7.68. The Labute approximate surface area is 241 Å². The molecule has 0 aliphatic heterocycles. The number of nitrogens with two attached hydrogens (primary N) is 1. The zero-order valence-corrected chi connectivity index (χ0v) is 23.3. The number of hydrogen-bond acceptors (Lipinski definition) is 6. The van der Waals surface area contributed by atoms with Gasteiger partial charge in [-0.3, -0.25) is 4.72 Å². The van der Waals surface area contributed by atoms with Crippen molar-refractivity contribution in [3.05, 3.63) is 108 Å². The summed E-state index contributed by atoms with van der Waals surface area (Å²) < 4.78 is 80.8. The monoisotopic (exact) mass is 599 g/mol. The van der Waals surface area contributed by atoms with E-state index in [2.05, 4.69) is 4.72 Å². The maximum absolute atomic E-state index is 13.7. The summed E-state index contributed by atoms with van der Waals surface area (Å²) in [6.07, 6.45) is -5.55. The summed E-state index contributed by atoms with van der Waals surface area (Å²) >= 11 is 0. The Morgan fingerprint density at radius 2 is 1.64 bits per heavy atom. The van der Waals surface area contributed by atoms with Crippen LogP contribution in [0.3, 0.4) is 0 Å². The number of nitrogens with one attached hydrogen (secondary N) is 1. The van der Waals surface area contributed by atoms with Gasteiger partial charge in [0.15, 0.2) is 0 Å². The largest absolute Gasteiger partial charge is 0.495 e. The lowest BCUT2D eigenvalue weighted by Gasteiger charge is -2.25. The van der Waals surface area contributed by atoms with Crippen LogP contribution in [0.1, 0.15) is 11.1 Å². The van der Waals surface area contributed by atoms with E-state index in [9.17, 15) is 26.4 Å². The van der Waals surface area contributed by atoms with Gasteiger partial charge in [-0.15, -0.1) is 0 Å². The molecule has 0 heterocycles. The Kier molecular flexibility index (Phi) is 9.26. The maximum Gasteiger partial charge on any atom is 0.417 e. The van der Waals surface area contributed by atoms with Crippen LogP contribution in [0.4, 0.5) is 29.3 Å². The zero-order valence-electron chi connectivity index (χ0n) is 22.5. The van der Waals surface area contributed by atoms with Gasteiger partial charge in [-0.05, 0) is 53.1 Å². The first-order chi connectivity index (χ1) is 20.0. The van der Waals surface area contributed by atoms with Crippen LogP contribution in [-0.4, -0.2) is 34.8 Å². The first kappa shape index (κ1) is 30.3. The molecule has 0 spiro atoms. The van der Waals surface area contributed by atoms with Crippen LogP contribution in [0, 0.1) is 0 Å². The fourth-order valence-electron chi connectivity index (χ4n) is 4.37. The number of primary amides is 1. The molecule has 0 radical (unpaired) electrons. The first-order valence-electron chi connectivity index (χ1n) is 12.7. The lowest BCUT2D eigenvalue weighted by molar-refractivity contribution is -0.137. The predicted octanol–water partition coefficient (Wildman–Crippen LogP) is 6.28. The lowest BCUT2D eigenvalue weighted by atomic mass is 9.99. The highest BCUT2D eigenvalue weighted by molar-refractivity contribution is 7.92. The van der Waals surface area contributed by atoms with Gasteiger partial charge in [-0.2, -0.15) is 13.2 Å². The highest BCUT2D eigenvalue weighted by atomic mass is 32.2. The molecular weight excluding hydrogens is 571 g/mol. The highest BCUT2D eigenvalue weighted by Gasteiger charge is 2.33. The molecule has 4 aromatic rings. The van der Waals surface area contributed by atoms with Crippen LogP contribution in [0.2, 0.25) is 0 Å². The van der Waals surface area contributed by atoms with Crippen LogP contribution < -0.4 is 20.1 Å². The number of hydrogen-bond donors (Lipinski definition) is 2. The van der Waals surface area contributed by atoms with Crippen molar-refractivity contribution >= 4 is 27.5 Å². The van der Waals surface area contributed by atoms with Crippen LogP contribution in [0.5, 0.6) is 5.75 Å². The molecule has 42 heavy (non-hydrogen) atoms. The van der Waals surface area contributed by atoms with E-state index < -0.39 is 27.9 Å².